The quantitative estimate of drug-likeness (QED) is 0.517. The van der Waals surface area contributed by atoms with Crippen LogP contribution in [0.4, 0.5) is 5.69 Å². The second-order valence-electron chi connectivity index (χ2n) is 4.46. The molecule has 0 aromatic heterocycles. The number of nitro benzene ring substituents is 1. The van der Waals surface area contributed by atoms with Gasteiger partial charge in [-0.25, -0.2) is 0 Å². The van der Waals surface area contributed by atoms with Crippen LogP contribution in [0.25, 0.3) is 0 Å². The summed E-state index contributed by atoms with van der Waals surface area (Å²) in [5, 5.41) is 21.1. The van der Waals surface area contributed by atoms with Gasteiger partial charge < -0.3 is 9.84 Å². The molecule has 1 N–H and O–H groups in total. The lowest BCUT2D eigenvalue weighted by molar-refractivity contribution is -0.384. The van der Waals surface area contributed by atoms with Crippen LogP contribution in [0.15, 0.2) is 24.3 Å². The van der Waals surface area contributed by atoms with Crippen LogP contribution in [-0.4, -0.2) is 22.2 Å². The maximum absolute atomic E-state index is 10.5. The summed E-state index contributed by atoms with van der Waals surface area (Å²) in [7, 11) is 1.45. The number of nitro groups is 1. The molecular weight excluding hydrogens is 254 g/mol. The fraction of sp³-hybridized carbons (Fsp3) is 0.417. The van der Waals surface area contributed by atoms with E-state index in [0.29, 0.717) is 5.56 Å². The van der Waals surface area contributed by atoms with Gasteiger partial charge in [-0.3, -0.25) is 10.1 Å². The standard InChI is InChI=1S/C12H15NO4S/c1-12(2,11(18)17-3)10(14)8-4-6-9(7-5-8)13(15)16/h4-7,10,14H,1-3H3. The molecule has 0 bridgehead atoms. The van der Waals surface area contributed by atoms with E-state index < -0.39 is 16.4 Å². The minimum atomic E-state index is -0.884. The molecule has 0 saturated heterocycles. The Morgan fingerprint density at radius 3 is 2.33 bits per heavy atom. The molecule has 5 nitrogen and oxygen atoms in total. The van der Waals surface area contributed by atoms with Crippen molar-refractivity contribution in [3.8, 4) is 0 Å². The second kappa shape index (κ2) is 5.41. The van der Waals surface area contributed by atoms with Gasteiger partial charge in [-0.2, -0.15) is 0 Å². The molecule has 0 radical (unpaired) electrons. The van der Waals surface area contributed by atoms with Crippen molar-refractivity contribution in [3.63, 3.8) is 0 Å². The molecule has 6 heteroatoms. The van der Waals surface area contributed by atoms with Gasteiger partial charge in [0.15, 0.2) is 5.05 Å². The molecule has 0 fully saturated rings. The highest BCUT2D eigenvalue weighted by atomic mass is 32.1. The number of thiocarbonyl (C=S) groups is 1. The minimum absolute atomic E-state index is 0.0157. The number of hydrogen-bond acceptors (Lipinski definition) is 5. The number of aliphatic hydroxyl groups excluding tert-OH is 1. The lowest BCUT2D eigenvalue weighted by atomic mass is 9.83. The summed E-state index contributed by atoms with van der Waals surface area (Å²) in [6.07, 6.45) is -0.884. The van der Waals surface area contributed by atoms with E-state index in [2.05, 4.69) is 0 Å². The van der Waals surface area contributed by atoms with Gasteiger partial charge in [-0.05, 0) is 43.8 Å². The van der Waals surface area contributed by atoms with Crippen molar-refractivity contribution in [3.05, 3.63) is 39.9 Å². The Morgan fingerprint density at radius 2 is 1.94 bits per heavy atom. The van der Waals surface area contributed by atoms with Crippen LogP contribution in [-0.2, 0) is 4.74 Å². The Labute approximate surface area is 111 Å². The molecule has 0 amide bonds. The predicted octanol–water partition coefficient (Wildman–Crippen LogP) is 2.63. The smallest absolute Gasteiger partial charge is 0.269 e. The van der Waals surface area contributed by atoms with Crippen LogP contribution in [0.2, 0.25) is 0 Å². The average Bonchev–Trinajstić information content (AvgIpc) is 2.36. The van der Waals surface area contributed by atoms with Crippen molar-refractivity contribution in [2.75, 3.05) is 7.11 Å². The number of methoxy groups -OCH3 is 1. The summed E-state index contributed by atoms with van der Waals surface area (Å²) in [4.78, 5) is 10.1. The molecule has 0 aliphatic rings. The molecular formula is C12H15NO4S. The SMILES string of the molecule is COC(=S)C(C)(C)C(O)c1ccc([N+](=O)[O-])cc1. The third-order valence-electron chi connectivity index (χ3n) is 2.81. The van der Waals surface area contributed by atoms with Gasteiger partial charge in [-0.15, -0.1) is 0 Å². The van der Waals surface area contributed by atoms with Crippen LogP contribution in [0.5, 0.6) is 0 Å². The Bertz CT molecular complexity index is 456. The third-order valence-corrected chi connectivity index (χ3v) is 3.51. The fourth-order valence-corrected chi connectivity index (χ4v) is 1.68. The number of nitrogens with zero attached hydrogens (tertiary/aromatic N) is 1. The monoisotopic (exact) mass is 269 g/mol. The predicted molar refractivity (Wildman–Crippen MR) is 71.4 cm³/mol. The van der Waals surface area contributed by atoms with E-state index in [1.165, 1.54) is 31.4 Å². The molecule has 0 aliphatic heterocycles. The number of hydrogen-bond donors (Lipinski definition) is 1. The van der Waals surface area contributed by atoms with Crippen molar-refractivity contribution in [2.24, 2.45) is 5.41 Å². The maximum Gasteiger partial charge on any atom is 0.269 e. The first-order chi connectivity index (χ1) is 8.30. The van der Waals surface area contributed by atoms with Gasteiger partial charge in [0.1, 0.15) is 0 Å². The Morgan fingerprint density at radius 1 is 1.44 bits per heavy atom. The van der Waals surface area contributed by atoms with Crippen molar-refractivity contribution < 1.29 is 14.8 Å². The van der Waals surface area contributed by atoms with E-state index in [1.54, 1.807) is 13.8 Å². The van der Waals surface area contributed by atoms with Crippen LogP contribution in [0.1, 0.15) is 25.5 Å². The summed E-state index contributed by atoms with van der Waals surface area (Å²) in [6.45, 7) is 3.51. The van der Waals surface area contributed by atoms with Gasteiger partial charge in [-0.1, -0.05) is 0 Å². The molecule has 0 spiro atoms. The zero-order valence-electron chi connectivity index (χ0n) is 10.4. The van der Waals surface area contributed by atoms with E-state index >= 15 is 0 Å². The minimum Gasteiger partial charge on any atom is -0.490 e. The normalized spacial score (nSPS) is 12.9. The summed E-state index contributed by atoms with van der Waals surface area (Å²) < 4.78 is 4.98. The maximum atomic E-state index is 10.5. The van der Waals surface area contributed by atoms with E-state index in [0.717, 1.165) is 0 Å². The van der Waals surface area contributed by atoms with Crippen molar-refractivity contribution in [2.45, 2.75) is 20.0 Å². The van der Waals surface area contributed by atoms with Gasteiger partial charge in [0, 0.05) is 12.1 Å². The van der Waals surface area contributed by atoms with Crippen molar-refractivity contribution in [1.82, 2.24) is 0 Å². The molecule has 1 aromatic carbocycles. The molecule has 0 saturated carbocycles. The first-order valence-electron chi connectivity index (χ1n) is 5.31. The van der Waals surface area contributed by atoms with Crippen LogP contribution < -0.4 is 0 Å². The van der Waals surface area contributed by atoms with Gasteiger partial charge in [0.05, 0.1) is 23.6 Å². The van der Waals surface area contributed by atoms with Crippen molar-refractivity contribution in [1.29, 1.82) is 0 Å². The lowest BCUT2D eigenvalue weighted by Crippen LogP contribution is -2.31. The van der Waals surface area contributed by atoms with Crippen LogP contribution in [0, 0.1) is 15.5 Å². The molecule has 1 rings (SSSR count). The average molecular weight is 269 g/mol. The second-order valence-corrected chi connectivity index (χ2v) is 4.84. The fourth-order valence-electron chi connectivity index (χ4n) is 1.57. The first kappa shape index (κ1) is 14.5. The third kappa shape index (κ3) is 2.83. The summed E-state index contributed by atoms with van der Waals surface area (Å²) in [5.41, 5.74) is -0.205. The van der Waals surface area contributed by atoms with Crippen LogP contribution in [0.3, 0.4) is 0 Å². The highest BCUT2D eigenvalue weighted by Crippen LogP contribution is 2.35. The number of non-ortho nitro benzene ring substituents is 1. The molecule has 0 aliphatic carbocycles. The Balaban J connectivity index is 3.00. The number of aliphatic hydroxyl groups is 1. The largest absolute Gasteiger partial charge is 0.490 e. The van der Waals surface area contributed by atoms with Crippen LogP contribution >= 0.6 is 12.2 Å². The summed E-state index contributed by atoms with van der Waals surface area (Å²) >= 11 is 5.04. The highest BCUT2D eigenvalue weighted by Gasteiger charge is 2.34. The zero-order chi connectivity index (χ0) is 13.9. The van der Waals surface area contributed by atoms with Gasteiger partial charge in [0.2, 0.25) is 0 Å². The summed E-state index contributed by atoms with van der Waals surface area (Å²) in [5.74, 6) is 0. The van der Waals surface area contributed by atoms with E-state index in [-0.39, 0.29) is 10.7 Å². The molecule has 18 heavy (non-hydrogen) atoms. The number of benzene rings is 1. The molecule has 1 atom stereocenters. The zero-order valence-corrected chi connectivity index (χ0v) is 11.2. The first-order valence-corrected chi connectivity index (χ1v) is 5.72. The molecule has 1 unspecified atom stereocenters. The van der Waals surface area contributed by atoms with Gasteiger partial charge in [0.25, 0.3) is 5.69 Å². The topological polar surface area (TPSA) is 72.6 Å². The Hall–Kier alpha value is -1.53. The lowest BCUT2D eigenvalue weighted by Gasteiger charge is -2.30. The molecule has 98 valence electrons. The number of ether oxygens (including phenoxy) is 1. The van der Waals surface area contributed by atoms with E-state index in [9.17, 15) is 15.2 Å². The summed E-state index contributed by atoms with van der Waals surface area (Å²) in [6, 6.07) is 5.74. The Kier molecular flexibility index (Phi) is 4.37. The number of rotatable bonds is 4. The van der Waals surface area contributed by atoms with E-state index in [4.69, 9.17) is 17.0 Å². The van der Waals surface area contributed by atoms with Crippen molar-refractivity contribution >= 4 is 23.0 Å². The molecule has 1 aromatic rings. The highest BCUT2D eigenvalue weighted by molar-refractivity contribution is 7.80. The molecule has 0 heterocycles. The van der Waals surface area contributed by atoms with E-state index in [1.807, 2.05) is 0 Å². The van der Waals surface area contributed by atoms with Gasteiger partial charge >= 0.3 is 0 Å².